The van der Waals surface area contributed by atoms with E-state index < -0.39 is 0 Å². The van der Waals surface area contributed by atoms with Gasteiger partial charge >= 0.3 is 0 Å². The molecular weight excluding hydrogens is 300 g/mol. The first kappa shape index (κ1) is 22.3. The lowest BCUT2D eigenvalue weighted by atomic mass is 10.0. The molecule has 0 aromatic heterocycles. The van der Waals surface area contributed by atoms with Crippen LogP contribution in [-0.4, -0.2) is 0 Å². The fraction of sp³-hybridized carbons (Fsp3) is 0.720. The molecule has 0 nitrogen and oxygen atoms in total. The maximum Gasteiger partial charge on any atom is -0.00931 e. The lowest BCUT2D eigenvalue weighted by molar-refractivity contribution is 0.529. The third-order valence-electron chi connectivity index (χ3n) is 5.24. The Labute approximate surface area is 158 Å². The van der Waals surface area contributed by atoms with Gasteiger partial charge in [0.05, 0.1) is 0 Å². The summed E-state index contributed by atoms with van der Waals surface area (Å²) in [6.07, 6.45) is 26.8. The average molecular weight is 344 g/mol. The largest absolute Gasteiger partial charge is 0.0654 e. The Kier molecular flexibility index (Phi) is 16.0. The molecule has 1 aromatic carbocycles. The van der Waals surface area contributed by atoms with Gasteiger partial charge in [-0.15, -0.1) is 0 Å². The Morgan fingerprint density at radius 3 is 1.36 bits per heavy atom. The van der Waals surface area contributed by atoms with Gasteiger partial charge in [0.2, 0.25) is 0 Å². The van der Waals surface area contributed by atoms with E-state index in [9.17, 15) is 0 Å². The molecule has 0 N–H and O–H groups in total. The Morgan fingerprint density at radius 2 is 0.920 bits per heavy atom. The van der Waals surface area contributed by atoms with Crippen LogP contribution in [0.2, 0.25) is 0 Å². The third kappa shape index (κ3) is 15.2. The van der Waals surface area contributed by atoms with Crippen molar-refractivity contribution in [2.24, 2.45) is 0 Å². The molecule has 0 atom stereocenters. The minimum Gasteiger partial charge on any atom is -0.0654 e. The first-order chi connectivity index (χ1) is 12.4. The van der Waals surface area contributed by atoms with Crippen molar-refractivity contribution in [2.75, 3.05) is 0 Å². The molecule has 0 saturated heterocycles. The molecule has 0 fully saturated rings. The molecule has 0 amide bonds. The number of hydrogen-bond donors (Lipinski definition) is 0. The highest BCUT2D eigenvalue weighted by Gasteiger charge is 1.96. The molecule has 0 saturated carbocycles. The quantitative estimate of drug-likeness (QED) is 0.233. The Balaban J connectivity index is 1.69. The molecule has 0 spiro atoms. The highest BCUT2D eigenvalue weighted by atomic mass is 14.0. The summed E-state index contributed by atoms with van der Waals surface area (Å²) in [7, 11) is 0. The summed E-state index contributed by atoms with van der Waals surface area (Å²) in [6.45, 7) is 2.30. The van der Waals surface area contributed by atoms with Gasteiger partial charge in [-0.1, -0.05) is 140 Å². The summed E-state index contributed by atoms with van der Waals surface area (Å²) < 4.78 is 0. The molecule has 1 aromatic rings. The molecule has 0 aliphatic rings. The molecule has 25 heavy (non-hydrogen) atoms. The van der Waals surface area contributed by atoms with Gasteiger partial charge in [-0.25, -0.2) is 0 Å². The number of hydrogen-bond acceptors (Lipinski definition) is 0. The van der Waals surface area contributed by atoms with E-state index in [1.54, 1.807) is 0 Å². The minimum absolute atomic E-state index is 1.24. The van der Waals surface area contributed by atoms with E-state index in [0.717, 1.165) is 0 Å². The number of benzene rings is 1. The van der Waals surface area contributed by atoms with Crippen molar-refractivity contribution in [2.45, 2.75) is 116 Å². The SMILES string of the molecule is CCCCCCCCCCCCCCCCCC[CH]c1ccccc1. The van der Waals surface area contributed by atoms with Crippen molar-refractivity contribution < 1.29 is 0 Å². The van der Waals surface area contributed by atoms with Crippen LogP contribution < -0.4 is 0 Å². The standard InChI is InChI=1S/C25H43/c1-2-3-4-5-6-7-8-9-10-11-12-13-14-15-16-17-19-22-25-23-20-18-21-24-25/h18,20-24H,2-17,19H2,1H3. The third-order valence-corrected chi connectivity index (χ3v) is 5.24. The van der Waals surface area contributed by atoms with Crippen molar-refractivity contribution in [3.05, 3.63) is 42.3 Å². The molecule has 0 bridgehead atoms. The highest BCUT2D eigenvalue weighted by molar-refractivity contribution is 5.21. The van der Waals surface area contributed by atoms with Crippen molar-refractivity contribution in [1.29, 1.82) is 0 Å². The summed E-state index contributed by atoms with van der Waals surface area (Å²) in [5.41, 5.74) is 1.38. The minimum atomic E-state index is 1.24. The van der Waals surface area contributed by atoms with Crippen molar-refractivity contribution in [3.8, 4) is 0 Å². The fourth-order valence-electron chi connectivity index (χ4n) is 3.55. The zero-order chi connectivity index (χ0) is 17.8. The van der Waals surface area contributed by atoms with Crippen LogP contribution in [0.15, 0.2) is 30.3 Å². The summed E-state index contributed by atoms with van der Waals surface area (Å²) >= 11 is 0. The van der Waals surface area contributed by atoms with Crippen LogP contribution in [0.3, 0.4) is 0 Å². The molecule has 0 aliphatic carbocycles. The summed E-state index contributed by atoms with van der Waals surface area (Å²) in [5, 5.41) is 0. The molecule has 0 heteroatoms. The Morgan fingerprint density at radius 1 is 0.520 bits per heavy atom. The highest BCUT2D eigenvalue weighted by Crippen LogP contribution is 2.15. The molecule has 1 radical (unpaired) electrons. The molecule has 143 valence electrons. The molecule has 0 aliphatic heterocycles. The number of rotatable bonds is 18. The monoisotopic (exact) mass is 343 g/mol. The van der Waals surface area contributed by atoms with Gasteiger partial charge in [-0.05, 0) is 18.4 Å². The number of unbranched alkanes of at least 4 members (excludes halogenated alkanes) is 16. The molecule has 1 rings (SSSR count). The van der Waals surface area contributed by atoms with Crippen molar-refractivity contribution >= 4 is 0 Å². The summed E-state index contributed by atoms with van der Waals surface area (Å²) in [6, 6.07) is 10.7. The predicted octanol–water partition coefficient (Wildman–Crippen LogP) is 8.89. The van der Waals surface area contributed by atoms with Crippen LogP contribution in [-0.2, 0) is 0 Å². The van der Waals surface area contributed by atoms with E-state index in [1.165, 1.54) is 115 Å². The van der Waals surface area contributed by atoms with E-state index in [0.29, 0.717) is 0 Å². The van der Waals surface area contributed by atoms with E-state index >= 15 is 0 Å². The summed E-state index contributed by atoms with van der Waals surface area (Å²) in [5.74, 6) is 0. The predicted molar refractivity (Wildman–Crippen MR) is 114 cm³/mol. The fourth-order valence-corrected chi connectivity index (χ4v) is 3.55. The lowest BCUT2D eigenvalue weighted by Gasteiger charge is -2.04. The maximum atomic E-state index is 2.38. The van der Waals surface area contributed by atoms with Gasteiger partial charge in [0, 0.05) is 0 Å². The summed E-state index contributed by atoms with van der Waals surface area (Å²) in [4.78, 5) is 0. The van der Waals surface area contributed by atoms with Crippen LogP contribution in [0, 0.1) is 6.42 Å². The lowest BCUT2D eigenvalue weighted by Crippen LogP contribution is -1.85. The second-order valence-electron chi connectivity index (χ2n) is 7.71. The van der Waals surface area contributed by atoms with Crippen LogP contribution >= 0.6 is 0 Å². The zero-order valence-electron chi connectivity index (χ0n) is 17.0. The van der Waals surface area contributed by atoms with Gasteiger partial charge in [0.15, 0.2) is 0 Å². The first-order valence-corrected chi connectivity index (χ1v) is 11.3. The van der Waals surface area contributed by atoms with E-state index in [2.05, 4.69) is 43.7 Å². The maximum absolute atomic E-state index is 2.38. The second-order valence-corrected chi connectivity index (χ2v) is 7.71. The van der Waals surface area contributed by atoms with Gasteiger partial charge in [0.25, 0.3) is 0 Å². The van der Waals surface area contributed by atoms with Gasteiger partial charge in [-0.2, -0.15) is 0 Å². The van der Waals surface area contributed by atoms with Crippen molar-refractivity contribution in [3.63, 3.8) is 0 Å². The zero-order valence-corrected chi connectivity index (χ0v) is 17.0. The molecule has 0 heterocycles. The van der Waals surface area contributed by atoms with E-state index in [1.807, 2.05) is 0 Å². The Bertz CT molecular complexity index is 354. The first-order valence-electron chi connectivity index (χ1n) is 11.3. The van der Waals surface area contributed by atoms with E-state index in [4.69, 9.17) is 0 Å². The van der Waals surface area contributed by atoms with Gasteiger partial charge in [0.1, 0.15) is 0 Å². The van der Waals surface area contributed by atoms with Crippen LogP contribution in [0.25, 0.3) is 0 Å². The van der Waals surface area contributed by atoms with Crippen LogP contribution in [0.4, 0.5) is 0 Å². The van der Waals surface area contributed by atoms with Gasteiger partial charge in [-0.3, -0.25) is 0 Å². The van der Waals surface area contributed by atoms with E-state index in [-0.39, 0.29) is 0 Å². The smallest absolute Gasteiger partial charge is 0.00931 e. The van der Waals surface area contributed by atoms with Crippen LogP contribution in [0.1, 0.15) is 122 Å². The van der Waals surface area contributed by atoms with Crippen LogP contribution in [0.5, 0.6) is 0 Å². The molecule has 0 unspecified atom stereocenters. The normalized spacial score (nSPS) is 11.1. The van der Waals surface area contributed by atoms with Gasteiger partial charge < -0.3 is 0 Å². The average Bonchev–Trinajstić information content (AvgIpc) is 2.65. The topological polar surface area (TPSA) is 0 Å². The Hall–Kier alpha value is -0.780. The van der Waals surface area contributed by atoms with Crippen molar-refractivity contribution in [1.82, 2.24) is 0 Å². The molecular formula is C25H43. The second kappa shape index (κ2) is 18.0.